The number of hydrogen-bond acceptors (Lipinski definition) is 4. The fraction of sp³-hybridized carbons (Fsp3) is 0.235. The predicted molar refractivity (Wildman–Crippen MR) is 92.0 cm³/mol. The minimum atomic E-state index is -0.527. The van der Waals surface area contributed by atoms with Crippen LogP contribution in [0.3, 0.4) is 0 Å². The first-order valence-corrected chi connectivity index (χ1v) is 8.05. The van der Waals surface area contributed by atoms with Gasteiger partial charge in [0.05, 0.1) is 15.6 Å². The van der Waals surface area contributed by atoms with E-state index in [1.807, 2.05) is 0 Å². The zero-order chi connectivity index (χ0) is 18.0. The van der Waals surface area contributed by atoms with Crippen molar-refractivity contribution < 1.29 is 14.1 Å². The molecule has 25 heavy (non-hydrogen) atoms. The van der Waals surface area contributed by atoms with Crippen LogP contribution < -0.4 is 5.32 Å². The number of anilines is 1. The molecule has 0 spiro atoms. The fourth-order valence-corrected chi connectivity index (χ4v) is 2.99. The van der Waals surface area contributed by atoms with Gasteiger partial charge >= 0.3 is 0 Å². The smallest absolute Gasteiger partial charge is 0.271 e. The quantitative estimate of drug-likeness (QED) is 0.650. The summed E-state index contributed by atoms with van der Waals surface area (Å²) in [5.41, 5.74) is 1.23. The maximum atomic E-state index is 13.0. The molecule has 1 aliphatic heterocycles. The van der Waals surface area contributed by atoms with Crippen molar-refractivity contribution in [2.45, 2.75) is 19.0 Å². The van der Waals surface area contributed by atoms with Crippen LogP contribution in [0.4, 0.5) is 15.8 Å². The molecule has 0 saturated carbocycles. The zero-order valence-corrected chi connectivity index (χ0v) is 13.9. The van der Waals surface area contributed by atoms with Crippen molar-refractivity contribution in [3.05, 3.63) is 69.0 Å². The van der Waals surface area contributed by atoms with E-state index in [1.54, 1.807) is 17.0 Å². The number of likely N-dealkylation sites (tertiary alicyclic amines) is 1. The fourth-order valence-electron chi connectivity index (χ4n) is 2.76. The highest BCUT2D eigenvalue weighted by Crippen LogP contribution is 2.29. The summed E-state index contributed by atoms with van der Waals surface area (Å²) in [6.07, 6.45) is 0.591. The first-order valence-electron chi connectivity index (χ1n) is 7.68. The highest BCUT2D eigenvalue weighted by molar-refractivity contribution is 6.33. The summed E-state index contributed by atoms with van der Waals surface area (Å²) in [4.78, 5) is 24.4. The van der Waals surface area contributed by atoms with Crippen molar-refractivity contribution in [1.29, 1.82) is 0 Å². The van der Waals surface area contributed by atoms with Gasteiger partial charge in [0, 0.05) is 25.2 Å². The Labute approximate surface area is 148 Å². The number of carbonyl (C=O) groups excluding carboxylic acids is 1. The number of non-ortho nitro benzene ring substituents is 1. The topological polar surface area (TPSA) is 75.5 Å². The molecule has 3 rings (SSSR count). The molecule has 130 valence electrons. The van der Waals surface area contributed by atoms with Crippen molar-refractivity contribution >= 4 is 28.9 Å². The van der Waals surface area contributed by atoms with Crippen molar-refractivity contribution in [1.82, 2.24) is 4.90 Å². The van der Waals surface area contributed by atoms with Crippen LogP contribution in [0.25, 0.3) is 0 Å². The lowest BCUT2D eigenvalue weighted by Gasteiger charge is -2.18. The standard InChI is InChI=1S/C17H15ClFN3O3/c18-14-9-13(22(24)25)5-6-15(14)20-16-7-8-21(17(16)23)10-11-1-3-12(19)4-2-11/h1-6,9,16,20H,7-8,10H2. The van der Waals surface area contributed by atoms with Crippen LogP contribution >= 0.6 is 11.6 Å². The summed E-state index contributed by atoms with van der Waals surface area (Å²) >= 11 is 6.05. The van der Waals surface area contributed by atoms with Gasteiger partial charge in [0.2, 0.25) is 5.91 Å². The normalized spacial score (nSPS) is 17.0. The zero-order valence-electron chi connectivity index (χ0n) is 13.1. The Bertz CT molecular complexity index is 813. The summed E-state index contributed by atoms with van der Waals surface area (Å²) in [7, 11) is 0. The number of nitrogens with zero attached hydrogens (tertiary/aromatic N) is 2. The molecule has 1 amide bonds. The molecule has 0 aromatic heterocycles. The molecule has 1 heterocycles. The van der Waals surface area contributed by atoms with E-state index in [2.05, 4.69) is 5.32 Å². The Balaban J connectivity index is 1.66. The van der Waals surface area contributed by atoms with Gasteiger partial charge in [-0.15, -0.1) is 0 Å². The number of halogens is 2. The molecule has 8 heteroatoms. The molecule has 2 aromatic rings. The molecule has 1 fully saturated rings. The summed E-state index contributed by atoms with van der Waals surface area (Å²) in [6.45, 7) is 0.976. The van der Waals surface area contributed by atoms with Crippen LogP contribution in [0.2, 0.25) is 5.02 Å². The third-order valence-corrected chi connectivity index (χ3v) is 4.39. The van der Waals surface area contributed by atoms with E-state index >= 15 is 0 Å². The molecular weight excluding hydrogens is 349 g/mol. The predicted octanol–water partition coefficient (Wildman–Crippen LogP) is 3.60. The highest BCUT2D eigenvalue weighted by Gasteiger charge is 2.31. The number of nitro groups is 1. The SMILES string of the molecule is O=C1C(Nc2ccc([N+](=O)[O-])cc2Cl)CCN1Cc1ccc(F)cc1. The van der Waals surface area contributed by atoms with Crippen LogP contribution in [0.5, 0.6) is 0 Å². The lowest BCUT2D eigenvalue weighted by molar-refractivity contribution is -0.384. The average molecular weight is 364 g/mol. The third kappa shape index (κ3) is 3.88. The number of benzene rings is 2. The first-order chi connectivity index (χ1) is 11.9. The first kappa shape index (κ1) is 17.2. The van der Waals surface area contributed by atoms with Gasteiger partial charge in [0.15, 0.2) is 0 Å². The Kier molecular flexibility index (Phi) is 4.85. The van der Waals surface area contributed by atoms with E-state index in [4.69, 9.17) is 11.6 Å². The van der Waals surface area contributed by atoms with Gasteiger partial charge < -0.3 is 10.2 Å². The van der Waals surface area contributed by atoms with Crippen LogP contribution in [-0.4, -0.2) is 28.3 Å². The van der Waals surface area contributed by atoms with Crippen LogP contribution in [-0.2, 0) is 11.3 Å². The second-order valence-corrected chi connectivity index (χ2v) is 6.20. The van der Waals surface area contributed by atoms with Gasteiger partial charge in [-0.2, -0.15) is 0 Å². The van der Waals surface area contributed by atoms with E-state index in [-0.39, 0.29) is 22.4 Å². The second kappa shape index (κ2) is 7.06. The summed E-state index contributed by atoms with van der Waals surface area (Å²) in [6, 6.07) is 9.66. The van der Waals surface area contributed by atoms with E-state index in [1.165, 1.54) is 30.3 Å². The summed E-state index contributed by atoms with van der Waals surface area (Å²) in [5.74, 6) is -0.400. The number of nitro benzene ring substituents is 1. The Morgan fingerprint density at radius 3 is 2.64 bits per heavy atom. The van der Waals surface area contributed by atoms with Gasteiger partial charge in [-0.1, -0.05) is 23.7 Å². The Hall–Kier alpha value is -2.67. The third-order valence-electron chi connectivity index (χ3n) is 4.08. The number of carbonyl (C=O) groups is 1. The minimum absolute atomic E-state index is 0.0845. The van der Waals surface area contributed by atoms with Gasteiger partial charge in [-0.25, -0.2) is 4.39 Å². The van der Waals surface area contributed by atoms with E-state index in [0.717, 1.165) is 5.56 Å². The number of rotatable bonds is 5. The average Bonchev–Trinajstić information content (AvgIpc) is 2.92. The van der Waals surface area contributed by atoms with Crippen molar-refractivity contribution in [2.75, 3.05) is 11.9 Å². The Morgan fingerprint density at radius 1 is 1.28 bits per heavy atom. The van der Waals surface area contributed by atoms with Gasteiger partial charge in [0.1, 0.15) is 11.9 Å². The number of amides is 1. The summed E-state index contributed by atoms with van der Waals surface area (Å²) in [5, 5.41) is 14.0. The molecular formula is C17H15ClFN3O3. The molecule has 1 N–H and O–H groups in total. The number of hydrogen-bond donors (Lipinski definition) is 1. The minimum Gasteiger partial charge on any atom is -0.372 e. The molecule has 1 aliphatic rings. The van der Waals surface area contributed by atoms with E-state index in [9.17, 15) is 19.3 Å². The molecule has 2 aromatic carbocycles. The monoisotopic (exact) mass is 363 g/mol. The van der Waals surface area contributed by atoms with Gasteiger partial charge in [-0.05, 0) is 30.2 Å². The van der Waals surface area contributed by atoms with Gasteiger partial charge in [0.25, 0.3) is 5.69 Å². The second-order valence-electron chi connectivity index (χ2n) is 5.79. The highest BCUT2D eigenvalue weighted by atomic mass is 35.5. The maximum absolute atomic E-state index is 13.0. The number of nitrogens with one attached hydrogen (secondary N) is 1. The maximum Gasteiger partial charge on any atom is 0.271 e. The van der Waals surface area contributed by atoms with Crippen molar-refractivity contribution in [2.24, 2.45) is 0 Å². The van der Waals surface area contributed by atoms with Gasteiger partial charge in [-0.3, -0.25) is 14.9 Å². The van der Waals surface area contributed by atoms with Crippen molar-refractivity contribution in [3.8, 4) is 0 Å². The lowest BCUT2D eigenvalue weighted by atomic mass is 10.2. The molecule has 6 nitrogen and oxygen atoms in total. The lowest BCUT2D eigenvalue weighted by Crippen LogP contribution is -2.33. The molecule has 0 bridgehead atoms. The summed E-state index contributed by atoms with van der Waals surface area (Å²) < 4.78 is 13.0. The van der Waals surface area contributed by atoms with E-state index in [0.29, 0.717) is 25.2 Å². The largest absolute Gasteiger partial charge is 0.372 e. The van der Waals surface area contributed by atoms with Crippen molar-refractivity contribution in [3.63, 3.8) is 0 Å². The molecule has 1 atom stereocenters. The van der Waals surface area contributed by atoms with Crippen LogP contribution in [0.15, 0.2) is 42.5 Å². The molecule has 0 aliphatic carbocycles. The van der Waals surface area contributed by atoms with Crippen LogP contribution in [0.1, 0.15) is 12.0 Å². The molecule has 1 unspecified atom stereocenters. The van der Waals surface area contributed by atoms with E-state index < -0.39 is 11.0 Å². The molecule has 0 radical (unpaired) electrons. The Morgan fingerprint density at radius 2 is 2.00 bits per heavy atom. The molecule has 1 saturated heterocycles. The van der Waals surface area contributed by atoms with Crippen LogP contribution in [0, 0.1) is 15.9 Å².